The predicted octanol–water partition coefficient (Wildman–Crippen LogP) is -0.951. The maximum Gasteiger partial charge on any atom is 0.319 e. The summed E-state index contributed by atoms with van der Waals surface area (Å²) in [6, 6.07) is 0. The van der Waals surface area contributed by atoms with Crippen molar-refractivity contribution < 1.29 is 29.0 Å². The second-order valence-electron chi connectivity index (χ2n) is 7.22. The lowest BCUT2D eigenvalue weighted by molar-refractivity contribution is -0.143. The number of esters is 2. The summed E-state index contributed by atoms with van der Waals surface area (Å²) < 4.78 is 9.60. The van der Waals surface area contributed by atoms with E-state index in [4.69, 9.17) is 9.47 Å². The molecule has 0 aromatic heterocycles. The highest BCUT2D eigenvalue weighted by Gasteiger charge is 2.20. The van der Waals surface area contributed by atoms with E-state index < -0.39 is 5.97 Å². The Bertz CT molecular complexity index is 519. The Balaban J connectivity index is 2.89. The van der Waals surface area contributed by atoms with Gasteiger partial charge in [0.15, 0.2) is 0 Å². The van der Waals surface area contributed by atoms with Gasteiger partial charge in [-0.2, -0.15) is 0 Å². The zero-order valence-corrected chi connectivity index (χ0v) is 18.0. The molecule has 0 aromatic rings. The number of carbonyl (C=O) groups is 3. The average Bonchev–Trinajstić information content (AvgIpc) is 2.69. The van der Waals surface area contributed by atoms with Gasteiger partial charge >= 0.3 is 17.9 Å². The van der Waals surface area contributed by atoms with E-state index in [0.29, 0.717) is 39.3 Å². The van der Waals surface area contributed by atoms with E-state index in [2.05, 4.69) is 11.8 Å². The third kappa shape index (κ3) is 11.1. The van der Waals surface area contributed by atoms with Crippen LogP contribution in [0.1, 0.15) is 13.3 Å². The number of carboxylic acid groups (broad SMARTS) is 1. The van der Waals surface area contributed by atoms with Crippen molar-refractivity contribution in [3.8, 4) is 0 Å². The Hall–Kier alpha value is -1.75. The maximum absolute atomic E-state index is 11.8. The second-order valence-corrected chi connectivity index (χ2v) is 7.22. The van der Waals surface area contributed by atoms with Gasteiger partial charge in [0.05, 0.1) is 33.9 Å². The largest absolute Gasteiger partial charge is 0.480 e. The lowest BCUT2D eigenvalue weighted by Gasteiger charge is -2.33. The van der Waals surface area contributed by atoms with Gasteiger partial charge in [0.2, 0.25) is 0 Å². The van der Waals surface area contributed by atoms with Crippen molar-refractivity contribution >= 4 is 17.9 Å². The Morgan fingerprint density at radius 1 is 0.690 bits per heavy atom. The summed E-state index contributed by atoms with van der Waals surface area (Å²) >= 11 is 0. The van der Waals surface area contributed by atoms with Gasteiger partial charge in [0, 0.05) is 52.4 Å². The summed E-state index contributed by atoms with van der Waals surface area (Å²) in [5.74, 6) is -1.48. The van der Waals surface area contributed by atoms with Crippen LogP contribution in [0.2, 0.25) is 0 Å². The minimum absolute atomic E-state index is 0.0273. The van der Waals surface area contributed by atoms with Crippen molar-refractivity contribution in [2.24, 2.45) is 0 Å². The van der Waals surface area contributed by atoms with Crippen LogP contribution in [0.15, 0.2) is 0 Å². The summed E-state index contributed by atoms with van der Waals surface area (Å²) in [6.45, 7) is 8.46. The SMILES string of the molecule is CCCN1CCN(CC(=O)O)CCN(CC(=O)OC)CCN(CC(=O)OC)CC1. The molecule has 1 aliphatic rings. The Kier molecular flexibility index (Phi) is 12.4. The minimum Gasteiger partial charge on any atom is -0.480 e. The molecule has 1 heterocycles. The van der Waals surface area contributed by atoms with Crippen LogP contribution in [0.5, 0.6) is 0 Å². The maximum atomic E-state index is 11.8. The molecule has 10 heteroatoms. The molecule has 0 saturated carbocycles. The molecule has 0 unspecified atom stereocenters. The highest BCUT2D eigenvalue weighted by Crippen LogP contribution is 2.02. The van der Waals surface area contributed by atoms with Gasteiger partial charge in [-0.3, -0.25) is 29.1 Å². The van der Waals surface area contributed by atoms with Crippen molar-refractivity contribution in [1.29, 1.82) is 0 Å². The number of carbonyl (C=O) groups excluding carboxylic acids is 2. The van der Waals surface area contributed by atoms with Crippen molar-refractivity contribution in [2.45, 2.75) is 13.3 Å². The van der Waals surface area contributed by atoms with Crippen LogP contribution in [0.3, 0.4) is 0 Å². The summed E-state index contributed by atoms with van der Waals surface area (Å²) in [5, 5.41) is 9.22. The average molecular weight is 417 g/mol. The Morgan fingerprint density at radius 2 is 1.03 bits per heavy atom. The van der Waals surface area contributed by atoms with E-state index in [1.54, 1.807) is 0 Å². The van der Waals surface area contributed by atoms with Gasteiger partial charge in [0.25, 0.3) is 0 Å². The van der Waals surface area contributed by atoms with Crippen LogP contribution in [0.4, 0.5) is 0 Å². The lowest BCUT2D eigenvalue weighted by Crippen LogP contribution is -2.48. The monoisotopic (exact) mass is 416 g/mol. The molecule has 0 spiro atoms. The fourth-order valence-electron chi connectivity index (χ4n) is 3.28. The number of ether oxygens (including phenoxy) is 2. The van der Waals surface area contributed by atoms with Crippen LogP contribution < -0.4 is 0 Å². The fourth-order valence-corrected chi connectivity index (χ4v) is 3.28. The first-order valence-electron chi connectivity index (χ1n) is 10.1. The minimum atomic E-state index is -0.858. The zero-order chi connectivity index (χ0) is 21.6. The molecule has 0 aromatic carbocycles. The molecule has 1 saturated heterocycles. The molecular weight excluding hydrogens is 380 g/mol. The van der Waals surface area contributed by atoms with Gasteiger partial charge in [-0.15, -0.1) is 0 Å². The lowest BCUT2D eigenvalue weighted by atomic mass is 10.3. The third-order valence-electron chi connectivity index (χ3n) is 4.99. The molecule has 168 valence electrons. The van der Waals surface area contributed by atoms with Gasteiger partial charge < -0.3 is 19.5 Å². The number of hydrogen-bond acceptors (Lipinski definition) is 9. The van der Waals surface area contributed by atoms with Gasteiger partial charge in [-0.1, -0.05) is 6.92 Å². The van der Waals surface area contributed by atoms with E-state index in [1.807, 2.05) is 14.7 Å². The number of methoxy groups -OCH3 is 2. The predicted molar refractivity (Wildman–Crippen MR) is 108 cm³/mol. The van der Waals surface area contributed by atoms with Crippen LogP contribution >= 0.6 is 0 Å². The van der Waals surface area contributed by atoms with Gasteiger partial charge in [-0.25, -0.2) is 0 Å². The molecule has 29 heavy (non-hydrogen) atoms. The van der Waals surface area contributed by atoms with Crippen LogP contribution in [0, 0.1) is 0 Å². The Labute approximate surface area is 173 Å². The number of hydrogen-bond donors (Lipinski definition) is 1. The molecule has 0 amide bonds. The van der Waals surface area contributed by atoms with Crippen LogP contribution in [0.25, 0.3) is 0 Å². The number of nitrogens with zero attached hydrogens (tertiary/aromatic N) is 4. The number of carboxylic acids is 1. The molecule has 1 fully saturated rings. The Morgan fingerprint density at radius 3 is 1.34 bits per heavy atom. The van der Waals surface area contributed by atoms with Crippen molar-refractivity contribution in [1.82, 2.24) is 19.6 Å². The van der Waals surface area contributed by atoms with E-state index >= 15 is 0 Å². The molecule has 1 N–H and O–H groups in total. The summed E-state index contributed by atoms with van der Waals surface area (Å²) in [6.07, 6.45) is 1.00. The fraction of sp³-hybridized carbons (Fsp3) is 0.842. The van der Waals surface area contributed by atoms with E-state index in [-0.39, 0.29) is 31.6 Å². The molecule has 0 aliphatic carbocycles. The van der Waals surface area contributed by atoms with Gasteiger partial charge in [0.1, 0.15) is 0 Å². The highest BCUT2D eigenvalue weighted by molar-refractivity contribution is 5.72. The van der Waals surface area contributed by atoms with Crippen molar-refractivity contribution in [2.75, 3.05) is 92.8 Å². The first kappa shape index (κ1) is 25.3. The normalized spacial score (nSPS) is 19.1. The summed E-state index contributed by atoms with van der Waals surface area (Å²) in [7, 11) is 2.73. The van der Waals surface area contributed by atoms with Gasteiger partial charge in [-0.05, 0) is 13.0 Å². The first-order valence-corrected chi connectivity index (χ1v) is 10.1. The topological polar surface area (TPSA) is 103 Å². The number of rotatable bonds is 8. The third-order valence-corrected chi connectivity index (χ3v) is 4.99. The van der Waals surface area contributed by atoms with E-state index in [1.165, 1.54) is 14.2 Å². The van der Waals surface area contributed by atoms with E-state index in [9.17, 15) is 19.5 Å². The molecular formula is C19H36N4O6. The molecule has 0 bridgehead atoms. The smallest absolute Gasteiger partial charge is 0.319 e. The van der Waals surface area contributed by atoms with E-state index in [0.717, 1.165) is 26.1 Å². The number of aliphatic carboxylic acids is 1. The first-order chi connectivity index (χ1) is 13.9. The quantitative estimate of drug-likeness (QED) is 0.498. The zero-order valence-electron chi connectivity index (χ0n) is 18.0. The molecule has 10 nitrogen and oxygen atoms in total. The van der Waals surface area contributed by atoms with Crippen LogP contribution in [-0.4, -0.2) is 135 Å². The molecule has 0 atom stereocenters. The molecule has 0 radical (unpaired) electrons. The second kappa shape index (κ2) is 14.3. The van der Waals surface area contributed by atoms with Crippen molar-refractivity contribution in [3.05, 3.63) is 0 Å². The molecule has 1 rings (SSSR count). The standard InChI is InChI=1S/C19H36N4O6/c1-4-5-20-6-8-21(14-17(24)25)10-11-23(16-19(27)29-3)13-12-22(9-7-20)15-18(26)28-2/h4-16H2,1-3H3,(H,24,25). The van der Waals surface area contributed by atoms with Crippen LogP contribution in [-0.2, 0) is 23.9 Å². The summed E-state index contributed by atoms with van der Waals surface area (Å²) in [4.78, 5) is 43.0. The van der Waals surface area contributed by atoms with Crippen molar-refractivity contribution in [3.63, 3.8) is 0 Å². The highest BCUT2D eigenvalue weighted by atomic mass is 16.5. The summed E-state index contributed by atoms with van der Waals surface area (Å²) in [5.41, 5.74) is 0. The molecule has 1 aliphatic heterocycles.